The van der Waals surface area contributed by atoms with E-state index in [4.69, 9.17) is 5.73 Å². The standard InChI is InChI=1S/C14H21N5O2/c15-13(20)8-3-1-2-4-10(8)17-14(21)12-9-7-16-6-5-11(9)18-19-12/h8,10,16H,1-7H2,(H2,15,20)(H,17,21)(H,18,19). The molecule has 1 fully saturated rings. The number of hydrogen-bond donors (Lipinski definition) is 4. The quantitative estimate of drug-likeness (QED) is 0.619. The Hall–Kier alpha value is -1.89. The molecule has 5 N–H and O–H groups in total. The largest absolute Gasteiger partial charge is 0.369 e. The Morgan fingerprint density at radius 3 is 2.90 bits per heavy atom. The molecule has 0 spiro atoms. The molecular weight excluding hydrogens is 270 g/mol. The minimum Gasteiger partial charge on any atom is -0.369 e. The van der Waals surface area contributed by atoms with Crippen LogP contribution in [0.2, 0.25) is 0 Å². The van der Waals surface area contributed by atoms with Gasteiger partial charge in [-0.3, -0.25) is 14.7 Å². The lowest BCUT2D eigenvalue weighted by molar-refractivity contribution is -0.123. The van der Waals surface area contributed by atoms with E-state index in [1.807, 2.05) is 0 Å². The Bertz CT molecular complexity index is 554. The second-order valence-electron chi connectivity index (χ2n) is 5.83. The summed E-state index contributed by atoms with van der Waals surface area (Å²) in [5.41, 5.74) is 7.83. The molecule has 2 atom stereocenters. The molecular formula is C14H21N5O2. The van der Waals surface area contributed by atoms with Gasteiger partial charge in [-0.2, -0.15) is 5.10 Å². The smallest absolute Gasteiger partial charge is 0.272 e. The molecule has 2 unspecified atom stereocenters. The molecule has 2 amide bonds. The lowest BCUT2D eigenvalue weighted by atomic mass is 9.84. The maximum Gasteiger partial charge on any atom is 0.272 e. The Morgan fingerprint density at radius 1 is 1.29 bits per heavy atom. The molecule has 1 saturated carbocycles. The van der Waals surface area contributed by atoms with E-state index in [2.05, 4.69) is 20.8 Å². The molecule has 0 saturated heterocycles. The monoisotopic (exact) mass is 291 g/mol. The molecule has 7 nitrogen and oxygen atoms in total. The van der Waals surface area contributed by atoms with Crippen molar-refractivity contribution < 1.29 is 9.59 Å². The number of nitrogens with zero attached hydrogens (tertiary/aromatic N) is 1. The van der Waals surface area contributed by atoms with Crippen molar-refractivity contribution in [2.75, 3.05) is 6.54 Å². The van der Waals surface area contributed by atoms with Gasteiger partial charge in [0.05, 0.1) is 5.92 Å². The van der Waals surface area contributed by atoms with Crippen molar-refractivity contribution in [1.82, 2.24) is 20.8 Å². The van der Waals surface area contributed by atoms with Gasteiger partial charge in [0.15, 0.2) is 5.69 Å². The van der Waals surface area contributed by atoms with E-state index >= 15 is 0 Å². The number of amides is 2. The fourth-order valence-corrected chi connectivity index (χ4v) is 3.29. The lowest BCUT2D eigenvalue weighted by Crippen LogP contribution is -2.47. The van der Waals surface area contributed by atoms with Gasteiger partial charge in [0, 0.05) is 36.8 Å². The van der Waals surface area contributed by atoms with E-state index < -0.39 is 0 Å². The summed E-state index contributed by atoms with van der Waals surface area (Å²) < 4.78 is 0. The predicted octanol–water partition coefficient (Wildman–Crippen LogP) is -0.171. The highest BCUT2D eigenvalue weighted by Crippen LogP contribution is 2.25. The predicted molar refractivity (Wildman–Crippen MR) is 76.4 cm³/mol. The third kappa shape index (κ3) is 2.78. The maximum atomic E-state index is 12.4. The number of fused-ring (bicyclic) bond motifs is 1. The van der Waals surface area contributed by atoms with E-state index in [9.17, 15) is 9.59 Å². The number of aromatic nitrogens is 2. The third-order valence-electron chi connectivity index (χ3n) is 4.47. The van der Waals surface area contributed by atoms with Crippen LogP contribution in [0.25, 0.3) is 0 Å². The summed E-state index contributed by atoms with van der Waals surface area (Å²) in [6.07, 6.45) is 4.39. The molecule has 0 bridgehead atoms. The summed E-state index contributed by atoms with van der Waals surface area (Å²) in [6.45, 7) is 1.54. The number of carbonyl (C=O) groups is 2. The van der Waals surface area contributed by atoms with Gasteiger partial charge in [-0.1, -0.05) is 12.8 Å². The summed E-state index contributed by atoms with van der Waals surface area (Å²) in [5.74, 6) is -0.810. The van der Waals surface area contributed by atoms with E-state index in [1.165, 1.54) is 0 Å². The molecule has 0 radical (unpaired) electrons. The zero-order valence-corrected chi connectivity index (χ0v) is 11.9. The van der Waals surface area contributed by atoms with Gasteiger partial charge in [0.25, 0.3) is 5.91 Å². The van der Waals surface area contributed by atoms with Crippen molar-refractivity contribution in [1.29, 1.82) is 0 Å². The number of hydrogen-bond acceptors (Lipinski definition) is 4. The number of carbonyl (C=O) groups excluding carboxylic acids is 2. The Labute approximate surface area is 123 Å². The summed E-state index contributed by atoms with van der Waals surface area (Å²) in [6, 6.07) is -0.173. The van der Waals surface area contributed by atoms with E-state index in [1.54, 1.807) is 0 Å². The highest BCUT2D eigenvalue weighted by atomic mass is 16.2. The SMILES string of the molecule is NC(=O)C1CCCCC1NC(=O)c1n[nH]c2c1CNCC2. The molecule has 1 aliphatic carbocycles. The molecule has 0 aromatic carbocycles. The lowest BCUT2D eigenvalue weighted by Gasteiger charge is -2.29. The van der Waals surface area contributed by atoms with Crippen LogP contribution in [-0.4, -0.2) is 34.6 Å². The van der Waals surface area contributed by atoms with Crippen LogP contribution in [0.4, 0.5) is 0 Å². The normalized spacial score (nSPS) is 25.1. The number of rotatable bonds is 3. The van der Waals surface area contributed by atoms with Gasteiger partial charge in [-0.15, -0.1) is 0 Å². The molecule has 2 aliphatic rings. The van der Waals surface area contributed by atoms with Crippen LogP contribution in [0.1, 0.15) is 47.4 Å². The Balaban J connectivity index is 1.73. The fourth-order valence-electron chi connectivity index (χ4n) is 3.29. The first kappa shape index (κ1) is 14.1. The van der Waals surface area contributed by atoms with Gasteiger partial charge in [-0.25, -0.2) is 0 Å². The number of nitrogens with one attached hydrogen (secondary N) is 3. The van der Waals surface area contributed by atoms with Crippen molar-refractivity contribution in [3.8, 4) is 0 Å². The molecule has 3 rings (SSSR count). The molecule has 21 heavy (non-hydrogen) atoms. The van der Waals surface area contributed by atoms with Crippen molar-refractivity contribution in [2.45, 2.75) is 44.7 Å². The number of nitrogens with two attached hydrogens (primary N) is 1. The highest BCUT2D eigenvalue weighted by molar-refractivity contribution is 5.94. The van der Waals surface area contributed by atoms with Crippen LogP contribution < -0.4 is 16.4 Å². The summed E-state index contributed by atoms with van der Waals surface area (Å²) >= 11 is 0. The fraction of sp³-hybridized carbons (Fsp3) is 0.643. The zero-order valence-electron chi connectivity index (χ0n) is 11.9. The van der Waals surface area contributed by atoms with Crippen molar-refractivity contribution in [2.24, 2.45) is 11.7 Å². The first-order valence-electron chi connectivity index (χ1n) is 7.54. The molecule has 7 heteroatoms. The van der Waals surface area contributed by atoms with Crippen LogP contribution >= 0.6 is 0 Å². The van der Waals surface area contributed by atoms with Crippen molar-refractivity contribution >= 4 is 11.8 Å². The summed E-state index contributed by atoms with van der Waals surface area (Å²) in [4.78, 5) is 23.9. The topological polar surface area (TPSA) is 113 Å². The second-order valence-corrected chi connectivity index (χ2v) is 5.83. The Kier molecular flexibility index (Phi) is 3.92. The first-order chi connectivity index (χ1) is 10.2. The Morgan fingerprint density at radius 2 is 2.10 bits per heavy atom. The van der Waals surface area contributed by atoms with Gasteiger partial charge < -0.3 is 16.4 Å². The van der Waals surface area contributed by atoms with Crippen molar-refractivity contribution in [3.05, 3.63) is 17.0 Å². The minimum atomic E-state index is -0.328. The summed E-state index contributed by atoms with van der Waals surface area (Å²) in [7, 11) is 0. The van der Waals surface area contributed by atoms with Gasteiger partial charge in [0.2, 0.25) is 5.91 Å². The van der Waals surface area contributed by atoms with Crippen molar-refractivity contribution in [3.63, 3.8) is 0 Å². The first-order valence-corrected chi connectivity index (χ1v) is 7.54. The number of primary amides is 1. The maximum absolute atomic E-state index is 12.4. The average molecular weight is 291 g/mol. The van der Waals surface area contributed by atoms with Crippen LogP contribution in [0.15, 0.2) is 0 Å². The van der Waals surface area contributed by atoms with Gasteiger partial charge >= 0.3 is 0 Å². The molecule has 114 valence electrons. The van der Waals surface area contributed by atoms with Gasteiger partial charge in [-0.05, 0) is 12.8 Å². The molecule has 1 aromatic rings. The van der Waals surface area contributed by atoms with Gasteiger partial charge in [0.1, 0.15) is 0 Å². The minimum absolute atomic E-state index is 0.173. The second kappa shape index (κ2) is 5.85. The average Bonchev–Trinajstić information content (AvgIpc) is 2.91. The highest BCUT2D eigenvalue weighted by Gasteiger charge is 2.32. The van der Waals surface area contributed by atoms with Crippen LogP contribution in [0, 0.1) is 5.92 Å². The molecule has 1 aliphatic heterocycles. The van der Waals surface area contributed by atoms with Crippen LogP contribution in [-0.2, 0) is 17.8 Å². The van der Waals surface area contributed by atoms with Crippen LogP contribution in [0.5, 0.6) is 0 Å². The number of aromatic amines is 1. The summed E-state index contributed by atoms with van der Waals surface area (Å²) in [5, 5.41) is 13.3. The van der Waals surface area contributed by atoms with E-state index in [-0.39, 0.29) is 23.8 Å². The third-order valence-corrected chi connectivity index (χ3v) is 4.47. The van der Waals surface area contributed by atoms with E-state index in [0.717, 1.165) is 49.9 Å². The molecule has 2 heterocycles. The zero-order chi connectivity index (χ0) is 14.8. The molecule has 1 aromatic heterocycles. The van der Waals surface area contributed by atoms with E-state index in [0.29, 0.717) is 12.2 Å². The van der Waals surface area contributed by atoms with Crippen LogP contribution in [0.3, 0.4) is 0 Å². The number of H-pyrrole nitrogens is 1.